The summed E-state index contributed by atoms with van der Waals surface area (Å²) in [5.74, 6) is -0.384. The Balaban J connectivity index is 2.57. The van der Waals surface area contributed by atoms with E-state index in [9.17, 15) is 14.7 Å². The number of ketones is 1. The summed E-state index contributed by atoms with van der Waals surface area (Å²) in [7, 11) is 0. The minimum absolute atomic E-state index is 0.0761. The molecule has 4 nitrogen and oxygen atoms in total. The summed E-state index contributed by atoms with van der Waals surface area (Å²) in [6, 6.07) is 0. The van der Waals surface area contributed by atoms with Crippen LogP contribution in [0.3, 0.4) is 0 Å². The van der Waals surface area contributed by atoms with Gasteiger partial charge in [0, 0.05) is 18.8 Å². The molecule has 0 amide bonds. The molecule has 0 radical (unpaired) electrons. The first kappa shape index (κ1) is 22.4. The molecule has 0 spiro atoms. The maximum absolute atomic E-state index is 12.4. The number of hydrogen-bond donors (Lipinski definition) is 2. The van der Waals surface area contributed by atoms with Crippen LogP contribution >= 0.6 is 0 Å². The molecule has 4 heteroatoms. The number of rotatable bonds is 13. The van der Waals surface area contributed by atoms with E-state index in [0.29, 0.717) is 19.3 Å². The Bertz CT molecular complexity index is 506. The fraction of sp³-hybridized carbons (Fsp3) is 0.636. The molecule has 0 saturated heterocycles. The highest BCUT2D eigenvalue weighted by atomic mass is 16.4. The molecule has 1 aliphatic rings. The number of allylic oxidation sites excluding steroid dienone is 4. The molecule has 1 saturated carbocycles. The normalized spacial score (nSPS) is 24.5. The molecule has 0 bridgehead atoms. The van der Waals surface area contributed by atoms with E-state index in [4.69, 9.17) is 5.11 Å². The van der Waals surface area contributed by atoms with Crippen molar-refractivity contribution in [2.75, 3.05) is 0 Å². The molecule has 4 atom stereocenters. The first-order valence-electron chi connectivity index (χ1n) is 9.88. The smallest absolute Gasteiger partial charge is 0.303 e. The average Bonchev–Trinajstić information content (AvgIpc) is 2.91. The summed E-state index contributed by atoms with van der Waals surface area (Å²) in [5, 5.41) is 18.7. The van der Waals surface area contributed by atoms with E-state index in [-0.39, 0.29) is 30.0 Å². The van der Waals surface area contributed by atoms with Crippen LogP contribution in [0.4, 0.5) is 0 Å². The Kier molecular flexibility index (Phi) is 10.9. The van der Waals surface area contributed by atoms with Crippen LogP contribution in [0.1, 0.15) is 64.7 Å². The number of aliphatic hydroxyl groups excluding tert-OH is 1. The number of carboxylic acids is 1. The monoisotopic (exact) mass is 362 g/mol. The molecule has 0 heterocycles. The maximum Gasteiger partial charge on any atom is 0.303 e. The molecule has 3 unspecified atom stereocenters. The Morgan fingerprint density at radius 3 is 2.73 bits per heavy atom. The lowest BCUT2D eigenvalue weighted by Gasteiger charge is -2.18. The molecule has 146 valence electrons. The van der Waals surface area contributed by atoms with Gasteiger partial charge in [0.15, 0.2) is 0 Å². The van der Waals surface area contributed by atoms with Gasteiger partial charge in [0.2, 0.25) is 0 Å². The third-order valence-corrected chi connectivity index (χ3v) is 5.09. The Morgan fingerprint density at radius 2 is 2.08 bits per heavy atom. The number of aliphatic carboxylic acids is 1. The minimum atomic E-state index is -0.777. The number of hydrogen-bond acceptors (Lipinski definition) is 3. The Hall–Kier alpha value is -1.68. The highest BCUT2D eigenvalue weighted by molar-refractivity contribution is 5.84. The highest BCUT2D eigenvalue weighted by Gasteiger charge is 2.38. The summed E-state index contributed by atoms with van der Waals surface area (Å²) in [6.07, 6.45) is 15.9. The molecule has 0 aromatic carbocycles. The average molecular weight is 363 g/mol. The third kappa shape index (κ3) is 8.13. The van der Waals surface area contributed by atoms with Crippen LogP contribution in [0.2, 0.25) is 0 Å². The second kappa shape index (κ2) is 12.6. The lowest BCUT2D eigenvalue weighted by molar-refractivity contribution is -0.137. The lowest BCUT2D eigenvalue weighted by Crippen LogP contribution is -2.15. The molecular formula is C22H34O4. The molecule has 26 heavy (non-hydrogen) atoms. The SMILES string of the molecule is C=CC1CC(=O)C(CC=CCCCC(=O)O)C1C=C[C@H](O)CCCCC. The van der Waals surface area contributed by atoms with Crippen molar-refractivity contribution in [1.29, 1.82) is 0 Å². The summed E-state index contributed by atoms with van der Waals surface area (Å²) >= 11 is 0. The van der Waals surface area contributed by atoms with Crippen molar-refractivity contribution in [2.24, 2.45) is 17.8 Å². The van der Waals surface area contributed by atoms with Gasteiger partial charge in [0.05, 0.1) is 6.10 Å². The van der Waals surface area contributed by atoms with E-state index in [1.165, 1.54) is 0 Å². The van der Waals surface area contributed by atoms with Crippen LogP contribution in [-0.2, 0) is 9.59 Å². The fourth-order valence-corrected chi connectivity index (χ4v) is 3.53. The van der Waals surface area contributed by atoms with Crippen LogP contribution < -0.4 is 0 Å². The van der Waals surface area contributed by atoms with Crippen molar-refractivity contribution in [2.45, 2.75) is 70.8 Å². The van der Waals surface area contributed by atoms with Gasteiger partial charge in [-0.2, -0.15) is 0 Å². The second-order valence-corrected chi connectivity index (χ2v) is 7.19. The van der Waals surface area contributed by atoms with Gasteiger partial charge < -0.3 is 10.2 Å². The molecular weight excluding hydrogens is 328 g/mol. The van der Waals surface area contributed by atoms with Crippen LogP contribution in [0.5, 0.6) is 0 Å². The molecule has 1 rings (SSSR count). The van der Waals surface area contributed by atoms with Gasteiger partial charge in [-0.15, -0.1) is 6.58 Å². The molecule has 0 aromatic rings. The molecule has 1 aliphatic carbocycles. The van der Waals surface area contributed by atoms with Crippen LogP contribution in [0.15, 0.2) is 37.0 Å². The van der Waals surface area contributed by atoms with Crippen molar-refractivity contribution in [1.82, 2.24) is 0 Å². The number of carboxylic acid groups (broad SMARTS) is 1. The van der Waals surface area contributed by atoms with Crippen LogP contribution in [-0.4, -0.2) is 28.1 Å². The quantitative estimate of drug-likeness (QED) is 0.368. The predicted octanol–water partition coefficient (Wildman–Crippen LogP) is 4.69. The Morgan fingerprint density at radius 1 is 1.31 bits per heavy atom. The molecule has 0 aromatic heterocycles. The van der Waals surface area contributed by atoms with Crippen molar-refractivity contribution in [3.8, 4) is 0 Å². The van der Waals surface area contributed by atoms with Gasteiger partial charge in [-0.1, -0.05) is 56.6 Å². The van der Waals surface area contributed by atoms with Crippen molar-refractivity contribution >= 4 is 11.8 Å². The second-order valence-electron chi connectivity index (χ2n) is 7.19. The summed E-state index contributed by atoms with van der Waals surface area (Å²) in [4.78, 5) is 22.9. The first-order chi connectivity index (χ1) is 12.5. The zero-order chi connectivity index (χ0) is 19.4. The molecule has 0 aliphatic heterocycles. The van der Waals surface area contributed by atoms with Crippen LogP contribution in [0, 0.1) is 17.8 Å². The fourth-order valence-electron chi connectivity index (χ4n) is 3.53. The Labute approximate surface area is 157 Å². The van der Waals surface area contributed by atoms with Gasteiger partial charge >= 0.3 is 5.97 Å². The molecule has 2 N–H and O–H groups in total. The number of unbranched alkanes of at least 4 members (excludes halogenated alkanes) is 3. The summed E-state index contributed by atoms with van der Waals surface area (Å²) < 4.78 is 0. The van der Waals surface area contributed by atoms with Gasteiger partial charge in [0.1, 0.15) is 5.78 Å². The number of carbonyl (C=O) groups excluding carboxylic acids is 1. The van der Waals surface area contributed by atoms with Crippen molar-refractivity contribution < 1.29 is 19.8 Å². The standard InChI is InChI=1S/C22H34O4/c1-3-5-8-11-18(23)14-15-19-17(4-2)16-21(24)20(19)12-9-6-7-10-13-22(25)26/h4,6,9,14-15,17-20,23H,2-3,5,7-8,10-13,16H2,1H3,(H,25,26)/t17?,18-,19?,20?/m1/s1. The van der Waals surface area contributed by atoms with E-state index in [1.54, 1.807) is 0 Å². The van der Waals surface area contributed by atoms with Gasteiger partial charge in [-0.05, 0) is 37.5 Å². The summed E-state index contributed by atoms with van der Waals surface area (Å²) in [6.45, 7) is 6.00. The zero-order valence-electron chi connectivity index (χ0n) is 16.0. The zero-order valence-corrected chi connectivity index (χ0v) is 16.0. The van der Waals surface area contributed by atoms with Crippen molar-refractivity contribution in [3.05, 3.63) is 37.0 Å². The van der Waals surface area contributed by atoms with E-state index >= 15 is 0 Å². The topological polar surface area (TPSA) is 74.6 Å². The van der Waals surface area contributed by atoms with E-state index < -0.39 is 12.1 Å². The highest BCUT2D eigenvalue weighted by Crippen LogP contribution is 2.38. The van der Waals surface area contributed by atoms with Crippen LogP contribution in [0.25, 0.3) is 0 Å². The van der Waals surface area contributed by atoms with Crippen molar-refractivity contribution in [3.63, 3.8) is 0 Å². The predicted molar refractivity (Wildman–Crippen MR) is 105 cm³/mol. The van der Waals surface area contributed by atoms with E-state index in [0.717, 1.165) is 32.1 Å². The first-order valence-corrected chi connectivity index (χ1v) is 9.88. The van der Waals surface area contributed by atoms with E-state index in [1.807, 2.05) is 30.4 Å². The summed E-state index contributed by atoms with van der Waals surface area (Å²) in [5.41, 5.74) is 0. The number of carbonyl (C=O) groups is 2. The molecule has 1 fully saturated rings. The maximum atomic E-state index is 12.4. The number of Topliss-reactive ketones (excluding diaryl/α,β-unsaturated/α-hetero) is 1. The van der Waals surface area contributed by atoms with Gasteiger partial charge in [0.25, 0.3) is 0 Å². The lowest BCUT2D eigenvalue weighted by atomic mass is 9.86. The largest absolute Gasteiger partial charge is 0.481 e. The van der Waals surface area contributed by atoms with E-state index in [2.05, 4.69) is 13.5 Å². The van der Waals surface area contributed by atoms with Gasteiger partial charge in [-0.3, -0.25) is 9.59 Å². The van der Waals surface area contributed by atoms with Gasteiger partial charge in [-0.25, -0.2) is 0 Å². The number of aliphatic hydroxyl groups is 1. The minimum Gasteiger partial charge on any atom is -0.481 e. The third-order valence-electron chi connectivity index (χ3n) is 5.09.